The van der Waals surface area contributed by atoms with Gasteiger partial charge in [0.1, 0.15) is 0 Å². The summed E-state index contributed by atoms with van der Waals surface area (Å²) in [6.07, 6.45) is 5.29. The average molecular weight is 271 g/mol. The van der Waals surface area contributed by atoms with Crippen molar-refractivity contribution in [1.29, 1.82) is 0 Å². The molecule has 1 aliphatic heterocycles. The standard InChI is InChI=1S/C17H21NO2/c19-15-9-10-18(14-8-4-3-7-13(14)15)17(20)16-11-5-1-2-6-12(11)16/h3-4,7-8,11-12,15-16,19H,1-2,5-6,9-10H2. The first-order valence-corrected chi connectivity index (χ1v) is 7.86. The zero-order valence-electron chi connectivity index (χ0n) is 11.7. The number of para-hydroxylation sites is 1. The summed E-state index contributed by atoms with van der Waals surface area (Å²) in [6, 6.07) is 7.81. The summed E-state index contributed by atoms with van der Waals surface area (Å²) in [4.78, 5) is 14.8. The zero-order valence-corrected chi connectivity index (χ0v) is 11.7. The molecule has 1 heterocycles. The summed E-state index contributed by atoms with van der Waals surface area (Å²) < 4.78 is 0. The molecule has 1 aromatic rings. The van der Waals surface area contributed by atoms with Crippen molar-refractivity contribution in [1.82, 2.24) is 0 Å². The van der Waals surface area contributed by atoms with Gasteiger partial charge >= 0.3 is 0 Å². The first kappa shape index (κ1) is 12.4. The van der Waals surface area contributed by atoms with E-state index in [1.165, 1.54) is 25.7 Å². The number of carbonyl (C=O) groups is 1. The molecule has 1 amide bonds. The van der Waals surface area contributed by atoms with Crippen LogP contribution >= 0.6 is 0 Å². The highest BCUT2D eigenvalue weighted by Crippen LogP contribution is 2.56. The Bertz CT molecular complexity index is 530. The Morgan fingerprint density at radius 3 is 2.55 bits per heavy atom. The summed E-state index contributed by atoms with van der Waals surface area (Å²) in [5, 5.41) is 10.1. The Labute approximate surface area is 119 Å². The molecule has 3 heteroatoms. The molecule has 106 valence electrons. The van der Waals surface area contributed by atoms with E-state index in [1.807, 2.05) is 29.2 Å². The highest BCUT2D eigenvalue weighted by atomic mass is 16.3. The molecule has 2 aliphatic carbocycles. The van der Waals surface area contributed by atoms with Gasteiger partial charge in [-0.05, 0) is 37.2 Å². The average Bonchev–Trinajstić information content (AvgIpc) is 3.22. The molecule has 3 aliphatic rings. The maximum atomic E-state index is 12.8. The number of anilines is 1. The van der Waals surface area contributed by atoms with Crippen molar-refractivity contribution < 1.29 is 9.90 Å². The van der Waals surface area contributed by atoms with Gasteiger partial charge < -0.3 is 10.0 Å². The lowest BCUT2D eigenvalue weighted by Gasteiger charge is -2.32. The van der Waals surface area contributed by atoms with Crippen LogP contribution in [0.1, 0.15) is 43.8 Å². The zero-order chi connectivity index (χ0) is 13.7. The number of carbonyl (C=O) groups excluding carboxylic acids is 1. The number of hydrogen-bond donors (Lipinski definition) is 1. The minimum absolute atomic E-state index is 0.265. The molecular formula is C17H21NO2. The SMILES string of the molecule is O=C(C1C2CCCCC21)N1CCC(O)c2ccccc21. The maximum Gasteiger partial charge on any atom is 0.230 e. The highest BCUT2D eigenvalue weighted by Gasteiger charge is 2.56. The molecule has 3 atom stereocenters. The fraction of sp³-hybridized carbons (Fsp3) is 0.588. The van der Waals surface area contributed by atoms with Crippen LogP contribution in [0.2, 0.25) is 0 Å². The molecule has 0 saturated heterocycles. The Hall–Kier alpha value is -1.35. The van der Waals surface area contributed by atoms with E-state index in [1.54, 1.807) is 0 Å². The molecule has 0 radical (unpaired) electrons. The van der Waals surface area contributed by atoms with Gasteiger partial charge in [-0.1, -0.05) is 31.0 Å². The fourth-order valence-corrected chi connectivity index (χ4v) is 4.31. The monoisotopic (exact) mass is 271 g/mol. The number of aliphatic hydroxyl groups excluding tert-OH is 1. The van der Waals surface area contributed by atoms with Crippen molar-refractivity contribution in [2.24, 2.45) is 17.8 Å². The first-order valence-electron chi connectivity index (χ1n) is 7.86. The van der Waals surface area contributed by atoms with Gasteiger partial charge in [-0.25, -0.2) is 0 Å². The second-order valence-electron chi connectivity index (χ2n) is 6.49. The smallest absolute Gasteiger partial charge is 0.230 e. The third-order valence-electron chi connectivity index (χ3n) is 5.42. The van der Waals surface area contributed by atoms with E-state index < -0.39 is 6.10 Å². The van der Waals surface area contributed by atoms with Gasteiger partial charge in [0, 0.05) is 23.7 Å². The molecule has 1 aromatic carbocycles. The van der Waals surface area contributed by atoms with E-state index in [2.05, 4.69) is 0 Å². The second-order valence-corrected chi connectivity index (χ2v) is 6.49. The van der Waals surface area contributed by atoms with Crippen LogP contribution < -0.4 is 4.90 Å². The van der Waals surface area contributed by atoms with Crippen LogP contribution in [-0.2, 0) is 4.79 Å². The van der Waals surface area contributed by atoms with Crippen LogP contribution in [0.25, 0.3) is 0 Å². The largest absolute Gasteiger partial charge is 0.388 e. The Kier molecular flexibility index (Phi) is 2.84. The van der Waals surface area contributed by atoms with Crippen molar-refractivity contribution in [3.8, 4) is 0 Å². The van der Waals surface area contributed by atoms with Crippen LogP contribution in [-0.4, -0.2) is 17.6 Å². The minimum atomic E-state index is -0.420. The summed E-state index contributed by atoms with van der Waals surface area (Å²) in [7, 11) is 0. The number of amides is 1. The quantitative estimate of drug-likeness (QED) is 0.853. The normalized spacial score (nSPS) is 35.1. The highest BCUT2D eigenvalue weighted by molar-refractivity contribution is 5.98. The second kappa shape index (κ2) is 4.59. The van der Waals surface area contributed by atoms with Gasteiger partial charge in [-0.15, -0.1) is 0 Å². The van der Waals surface area contributed by atoms with Gasteiger partial charge in [0.05, 0.1) is 6.10 Å². The number of fused-ring (bicyclic) bond motifs is 2. The van der Waals surface area contributed by atoms with Crippen LogP contribution in [0.3, 0.4) is 0 Å². The number of benzene rings is 1. The molecule has 2 saturated carbocycles. The van der Waals surface area contributed by atoms with E-state index in [4.69, 9.17) is 0 Å². The van der Waals surface area contributed by atoms with Crippen molar-refractivity contribution >= 4 is 11.6 Å². The number of aliphatic hydroxyl groups is 1. The summed E-state index contributed by atoms with van der Waals surface area (Å²) >= 11 is 0. The van der Waals surface area contributed by atoms with Crippen molar-refractivity contribution in [3.05, 3.63) is 29.8 Å². The molecule has 3 nitrogen and oxygen atoms in total. The van der Waals surface area contributed by atoms with E-state index in [-0.39, 0.29) is 5.92 Å². The molecule has 4 rings (SSSR count). The van der Waals surface area contributed by atoms with Gasteiger partial charge in [0.2, 0.25) is 5.91 Å². The van der Waals surface area contributed by atoms with Crippen LogP contribution in [0.4, 0.5) is 5.69 Å². The molecule has 0 spiro atoms. The van der Waals surface area contributed by atoms with Crippen molar-refractivity contribution in [2.45, 2.75) is 38.2 Å². The van der Waals surface area contributed by atoms with Gasteiger partial charge in [0.15, 0.2) is 0 Å². The van der Waals surface area contributed by atoms with E-state index in [9.17, 15) is 9.90 Å². The summed E-state index contributed by atoms with van der Waals surface area (Å²) in [5.41, 5.74) is 1.84. The minimum Gasteiger partial charge on any atom is -0.388 e. The third-order valence-corrected chi connectivity index (χ3v) is 5.42. The molecule has 0 aromatic heterocycles. The predicted molar refractivity (Wildman–Crippen MR) is 77.3 cm³/mol. The van der Waals surface area contributed by atoms with Gasteiger partial charge in [-0.3, -0.25) is 4.79 Å². The lowest BCUT2D eigenvalue weighted by Crippen LogP contribution is -2.38. The molecule has 1 N–H and O–H groups in total. The fourth-order valence-electron chi connectivity index (χ4n) is 4.31. The molecular weight excluding hydrogens is 250 g/mol. The summed E-state index contributed by atoms with van der Waals surface area (Å²) in [6.45, 7) is 0.660. The third kappa shape index (κ3) is 1.80. The maximum absolute atomic E-state index is 12.8. The van der Waals surface area contributed by atoms with E-state index in [0.717, 1.165) is 11.3 Å². The number of nitrogens with zero attached hydrogens (tertiary/aromatic N) is 1. The topological polar surface area (TPSA) is 40.5 Å². The lowest BCUT2D eigenvalue weighted by molar-refractivity contribution is -0.120. The van der Waals surface area contributed by atoms with Gasteiger partial charge in [-0.2, -0.15) is 0 Å². The Morgan fingerprint density at radius 1 is 1.10 bits per heavy atom. The Morgan fingerprint density at radius 2 is 1.80 bits per heavy atom. The molecule has 3 unspecified atom stereocenters. The van der Waals surface area contributed by atoms with Crippen molar-refractivity contribution in [3.63, 3.8) is 0 Å². The van der Waals surface area contributed by atoms with Gasteiger partial charge in [0.25, 0.3) is 0 Å². The lowest BCUT2D eigenvalue weighted by atomic mass is 9.98. The molecule has 0 bridgehead atoms. The van der Waals surface area contributed by atoms with Crippen LogP contribution in [0.15, 0.2) is 24.3 Å². The molecule has 20 heavy (non-hydrogen) atoms. The van der Waals surface area contributed by atoms with Crippen LogP contribution in [0, 0.1) is 17.8 Å². The van der Waals surface area contributed by atoms with E-state index >= 15 is 0 Å². The predicted octanol–water partition coefficient (Wildman–Crippen LogP) is 2.89. The Balaban J connectivity index is 1.60. The number of rotatable bonds is 1. The van der Waals surface area contributed by atoms with Crippen molar-refractivity contribution in [2.75, 3.05) is 11.4 Å². The van der Waals surface area contributed by atoms with E-state index in [0.29, 0.717) is 30.7 Å². The first-order chi connectivity index (χ1) is 9.77. The van der Waals surface area contributed by atoms with Crippen LogP contribution in [0.5, 0.6) is 0 Å². The summed E-state index contributed by atoms with van der Waals surface area (Å²) in [5.74, 6) is 1.87. The number of hydrogen-bond acceptors (Lipinski definition) is 2. The molecule has 2 fully saturated rings.